The fourth-order valence-electron chi connectivity index (χ4n) is 5.84. The van der Waals surface area contributed by atoms with Crippen LogP contribution in [0.2, 0.25) is 0 Å². The van der Waals surface area contributed by atoms with Crippen LogP contribution >= 0.6 is 27.3 Å². The molecule has 0 N–H and O–H groups in total. The lowest BCUT2D eigenvalue weighted by atomic mass is 9.43. The predicted molar refractivity (Wildman–Crippen MR) is 86.0 cm³/mol. The number of carbonyl (C=O) groups is 1. The van der Waals surface area contributed by atoms with Gasteiger partial charge in [0.2, 0.25) is 0 Å². The highest BCUT2D eigenvalue weighted by Gasteiger charge is 2.58. The molecule has 1 aromatic rings. The monoisotopic (exact) mass is 352 g/mol. The topological polar surface area (TPSA) is 17.1 Å². The van der Waals surface area contributed by atoms with E-state index in [4.69, 9.17) is 0 Å². The summed E-state index contributed by atoms with van der Waals surface area (Å²) >= 11 is 5.21. The van der Waals surface area contributed by atoms with E-state index in [-0.39, 0.29) is 5.41 Å². The van der Waals surface area contributed by atoms with Gasteiger partial charge >= 0.3 is 0 Å². The van der Waals surface area contributed by atoms with Crippen molar-refractivity contribution in [1.29, 1.82) is 0 Å². The minimum atomic E-state index is 0.0370. The second-order valence-corrected chi connectivity index (χ2v) is 9.79. The van der Waals surface area contributed by atoms with Gasteiger partial charge in [0.05, 0.1) is 0 Å². The summed E-state index contributed by atoms with van der Waals surface area (Å²) in [5.74, 6) is 2.20. The van der Waals surface area contributed by atoms with Crippen LogP contribution in [0.1, 0.15) is 50.3 Å². The number of carbonyl (C=O) groups excluding carboxylic acids is 1. The Kier molecular flexibility index (Phi) is 2.99. The highest BCUT2D eigenvalue weighted by atomic mass is 79.9. The Bertz CT molecular complexity index is 547. The molecule has 2 atom stereocenters. The van der Waals surface area contributed by atoms with Crippen LogP contribution in [0.4, 0.5) is 0 Å². The summed E-state index contributed by atoms with van der Waals surface area (Å²) in [6.07, 6.45) is 8.35. The number of rotatable bonds is 3. The summed E-state index contributed by atoms with van der Waals surface area (Å²) in [4.78, 5) is 14.2. The molecule has 0 spiro atoms. The lowest BCUT2D eigenvalue weighted by Crippen LogP contribution is -2.54. The number of thiophene rings is 1. The van der Waals surface area contributed by atoms with E-state index < -0.39 is 0 Å². The van der Waals surface area contributed by atoms with E-state index in [2.05, 4.69) is 34.3 Å². The molecule has 0 amide bonds. The van der Waals surface area contributed by atoms with E-state index in [1.54, 1.807) is 11.3 Å². The van der Waals surface area contributed by atoms with Crippen LogP contribution < -0.4 is 0 Å². The van der Waals surface area contributed by atoms with E-state index in [9.17, 15) is 4.79 Å². The first-order chi connectivity index (χ1) is 9.46. The first-order valence-corrected chi connectivity index (χ1v) is 9.40. The molecule has 1 heterocycles. The Morgan fingerprint density at radius 3 is 2.60 bits per heavy atom. The molecule has 1 nitrogen and oxygen atoms in total. The predicted octanol–water partition coefficient (Wildman–Crippen LogP) is 5.23. The first-order valence-electron chi connectivity index (χ1n) is 7.73. The zero-order chi connectivity index (χ0) is 14.0. The zero-order valence-electron chi connectivity index (χ0n) is 12.0. The number of ketones is 1. The molecule has 0 saturated heterocycles. The summed E-state index contributed by atoms with van der Waals surface area (Å²) in [5, 5.41) is 2.09. The van der Waals surface area contributed by atoms with Gasteiger partial charge in [-0.25, -0.2) is 0 Å². The maximum Gasteiger partial charge on any atom is 0.144 e. The lowest BCUT2D eigenvalue weighted by Gasteiger charge is -2.60. The van der Waals surface area contributed by atoms with Crippen LogP contribution in [0.3, 0.4) is 0 Å². The van der Waals surface area contributed by atoms with E-state index in [1.165, 1.54) is 43.4 Å². The van der Waals surface area contributed by atoms with Crippen molar-refractivity contribution in [3.8, 4) is 0 Å². The molecular weight excluding hydrogens is 332 g/mol. The lowest BCUT2D eigenvalue weighted by molar-refractivity contribution is -0.152. The molecular formula is C17H21BrOS. The molecule has 4 fully saturated rings. The third-order valence-corrected chi connectivity index (χ3v) is 7.60. The maximum atomic E-state index is 13.0. The van der Waals surface area contributed by atoms with Crippen molar-refractivity contribution >= 4 is 33.0 Å². The quantitative estimate of drug-likeness (QED) is 0.727. The van der Waals surface area contributed by atoms with Crippen LogP contribution in [0.25, 0.3) is 0 Å². The fraction of sp³-hybridized carbons (Fsp3) is 0.706. The third kappa shape index (κ3) is 2.12. The number of hydrogen-bond donors (Lipinski definition) is 0. The minimum absolute atomic E-state index is 0.0370. The van der Waals surface area contributed by atoms with Gasteiger partial charge in [-0.1, -0.05) is 6.92 Å². The molecule has 2 unspecified atom stereocenters. The summed E-state index contributed by atoms with van der Waals surface area (Å²) in [6.45, 7) is 2.44. The molecule has 4 saturated carbocycles. The summed E-state index contributed by atoms with van der Waals surface area (Å²) in [5.41, 5.74) is 0.505. The Labute approximate surface area is 133 Å². The zero-order valence-corrected chi connectivity index (χ0v) is 14.4. The standard InChI is InChI=1S/C17H21BrOS/c1-16-5-11-2-12(6-16)8-17(7-11,10-16)15(19)4-14-3-13(18)9-20-14/h3,9,11-12H,2,4-8,10H2,1H3. The second-order valence-electron chi connectivity index (χ2n) is 7.88. The van der Waals surface area contributed by atoms with Gasteiger partial charge in [-0.2, -0.15) is 0 Å². The van der Waals surface area contributed by atoms with Crippen molar-refractivity contribution in [2.24, 2.45) is 22.7 Å². The molecule has 4 aliphatic carbocycles. The van der Waals surface area contributed by atoms with Gasteiger partial charge in [0, 0.05) is 26.6 Å². The SMILES string of the molecule is CC12CC3CC(C1)CC(C(=O)Cc1cc(Br)cs1)(C3)C2. The summed E-state index contributed by atoms with van der Waals surface area (Å²) in [6, 6.07) is 2.12. The van der Waals surface area contributed by atoms with E-state index in [0.29, 0.717) is 17.6 Å². The Hall–Kier alpha value is -0.150. The van der Waals surface area contributed by atoms with E-state index in [0.717, 1.165) is 16.3 Å². The van der Waals surface area contributed by atoms with Gasteiger partial charge in [-0.15, -0.1) is 11.3 Å². The van der Waals surface area contributed by atoms with Crippen LogP contribution in [0.15, 0.2) is 15.9 Å². The molecule has 4 bridgehead atoms. The molecule has 0 aromatic carbocycles. The van der Waals surface area contributed by atoms with Gasteiger partial charge in [-0.05, 0) is 77.8 Å². The van der Waals surface area contributed by atoms with Crippen molar-refractivity contribution in [3.05, 3.63) is 20.8 Å². The van der Waals surface area contributed by atoms with Crippen molar-refractivity contribution in [2.75, 3.05) is 0 Å². The van der Waals surface area contributed by atoms with Crippen LogP contribution in [-0.2, 0) is 11.2 Å². The van der Waals surface area contributed by atoms with Crippen LogP contribution in [0, 0.1) is 22.7 Å². The van der Waals surface area contributed by atoms with Gasteiger partial charge in [0.15, 0.2) is 0 Å². The number of Topliss-reactive ketones (excluding diaryl/α,β-unsaturated/α-hetero) is 1. The molecule has 3 heteroatoms. The van der Waals surface area contributed by atoms with Crippen molar-refractivity contribution < 1.29 is 4.79 Å². The van der Waals surface area contributed by atoms with Crippen molar-refractivity contribution in [3.63, 3.8) is 0 Å². The Morgan fingerprint density at radius 2 is 2.05 bits per heavy atom. The van der Waals surface area contributed by atoms with Gasteiger partial charge in [0.1, 0.15) is 5.78 Å². The highest BCUT2D eigenvalue weighted by molar-refractivity contribution is 9.10. The number of hydrogen-bond acceptors (Lipinski definition) is 2. The average Bonchev–Trinajstić information content (AvgIpc) is 2.71. The van der Waals surface area contributed by atoms with Crippen LogP contribution in [0.5, 0.6) is 0 Å². The third-order valence-electron chi connectivity index (χ3n) is 5.90. The largest absolute Gasteiger partial charge is 0.299 e. The summed E-state index contributed by atoms with van der Waals surface area (Å²) in [7, 11) is 0. The molecule has 20 heavy (non-hydrogen) atoms. The van der Waals surface area contributed by atoms with Crippen molar-refractivity contribution in [1.82, 2.24) is 0 Å². The first kappa shape index (κ1) is 13.5. The molecule has 5 rings (SSSR count). The average molecular weight is 353 g/mol. The molecule has 0 aliphatic heterocycles. The normalized spacial score (nSPS) is 42.1. The van der Waals surface area contributed by atoms with Gasteiger partial charge in [-0.3, -0.25) is 4.79 Å². The Morgan fingerprint density at radius 1 is 1.35 bits per heavy atom. The smallest absolute Gasteiger partial charge is 0.144 e. The maximum absolute atomic E-state index is 13.0. The second kappa shape index (κ2) is 4.42. The van der Waals surface area contributed by atoms with Gasteiger partial charge in [0.25, 0.3) is 0 Å². The van der Waals surface area contributed by atoms with Crippen molar-refractivity contribution in [2.45, 2.75) is 51.9 Å². The van der Waals surface area contributed by atoms with Crippen LogP contribution in [-0.4, -0.2) is 5.78 Å². The fourth-order valence-corrected chi connectivity index (χ4v) is 7.29. The van der Waals surface area contributed by atoms with Gasteiger partial charge < -0.3 is 0 Å². The molecule has 4 aliphatic rings. The highest BCUT2D eigenvalue weighted by Crippen LogP contribution is 2.65. The summed E-state index contributed by atoms with van der Waals surface area (Å²) < 4.78 is 1.11. The molecule has 1 aromatic heterocycles. The minimum Gasteiger partial charge on any atom is -0.299 e. The van der Waals surface area contributed by atoms with E-state index >= 15 is 0 Å². The van der Waals surface area contributed by atoms with E-state index in [1.807, 2.05) is 0 Å². The molecule has 108 valence electrons. The number of halogens is 1. The Balaban J connectivity index is 1.59. The molecule has 0 radical (unpaired) electrons.